The van der Waals surface area contributed by atoms with Gasteiger partial charge in [0.15, 0.2) is 0 Å². The average Bonchev–Trinajstić information content (AvgIpc) is 2.50. The average molecular weight is 437 g/mol. The Balaban J connectivity index is 4.55. The van der Waals surface area contributed by atoms with E-state index in [2.05, 4.69) is 31.4 Å². The molecule has 0 saturated carbocycles. The molecule has 2 atom stereocenters. The van der Waals surface area contributed by atoms with Crippen LogP contribution in [0.4, 0.5) is 4.79 Å². The van der Waals surface area contributed by atoms with Crippen molar-refractivity contribution < 1.29 is 24.2 Å². The fourth-order valence-corrected chi connectivity index (χ4v) is 4.41. The number of amides is 2. The summed E-state index contributed by atoms with van der Waals surface area (Å²) in [6, 6.07) is -0.701. The predicted octanol–water partition coefficient (Wildman–Crippen LogP) is 4.07. The number of carbonyl (C=O) groups excluding carboxylic acids is 2. The molecule has 0 aliphatic carbocycles. The Hall–Kier alpha value is -1.09. The smallest absolute Gasteiger partial charge is 0.408 e. The molecule has 0 fully saturated rings. The molecule has 164 valence electrons. The molecule has 0 aromatic carbocycles. The van der Waals surface area contributed by atoms with Gasteiger partial charge in [-0.15, -0.1) is 0 Å². The highest BCUT2D eigenvalue weighted by molar-refractivity contribution is 8.77. The van der Waals surface area contributed by atoms with Crippen LogP contribution in [0.5, 0.6) is 0 Å². The minimum atomic E-state index is -0.806. The van der Waals surface area contributed by atoms with E-state index in [0.29, 0.717) is 31.6 Å². The van der Waals surface area contributed by atoms with Crippen molar-refractivity contribution in [3.8, 4) is 0 Å². The van der Waals surface area contributed by atoms with Gasteiger partial charge in [0.25, 0.3) is 0 Å². The van der Waals surface area contributed by atoms with Gasteiger partial charge in [-0.25, -0.2) is 4.79 Å². The molecular formula is C19H36N2O5S2. The van der Waals surface area contributed by atoms with E-state index in [1.54, 1.807) is 38.5 Å². The van der Waals surface area contributed by atoms with Crippen LogP contribution >= 0.6 is 21.6 Å². The lowest BCUT2D eigenvalue weighted by molar-refractivity contribution is -0.141. The molecule has 2 amide bonds. The van der Waals surface area contributed by atoms with Crippen LogP contribution in [0.15, 0.2) is 0 Å². The monoisotopic (exact) mass is 436 g/mol. The maximum absolute atomic E-state index is 12.5. The zero-order valence-corrected chi connectivity index (χ0v) is 19.7. The van der Waals surface area contributed by atoms with Gasteiger partial charge in [-0.2, -0.15) is 0 Å². The van der Waals surface area contributed by atoms with Crippen molar-refractivity contribution in [2.45, 2.75) is 84.1 Å². The Morgan fingerprint density at radius 1 is 1.07 bits per heavy atom. The largest absolute Gasteiger partial charge is 0.481 e. The van der Waals surface area contributed by atoms with Crippen LogP contribution in [0.2, 0.25) is 0 Å². The fraction of sp³-hybridized carbons (Fsp3) is 0.842. The number of rotatable bonds is 11. The molecule has 3 N–H and O–H groups in total. The molecule has 0 bridgehead atoms. The number of carboxylic acids is 1. The van der Waals surface area contributed by atoms with Crippen molar-refractivity contribution in [3.63, 3.8) is 0 Å². The summed E-state index contributed by atoms with van der Waals surface area (Å²) in [4.78, 5) is 35.4. The van der Waals surface area contributed by atoms with Crippen molar-refractivity contribution >= 4 is 39.6 Å². The summed E-state index contributed by atoms with van der Waals surface area (Å²) in [5.74, 6) is -1.04. The maximum Gasteiger partial charge on any atom is 0.408 e. The van der Waals surface area contributed by atoms with Gasteiger partial charge in [-0.3, -0.25) is 9.59 Å². The van der Waals surface area contributed by atoms with Crippen molar-refractivity contribution in [2.75, 3.05) is 12.3 Å². The Bertz CT molecular complexity index is 515. The lowest BCUT2D eigenvalue weighted by atomic mass is 10.0. The highest BCUT2D eigenvalue weighted by Gasteiger charge is 2.25. The first-order valence-electron chi connectivity index (χ1n) is 9.52. The normalized spacial score (nSPS) is 14.1. The number of carboxylic acid groups (broad SMARTS) is 1. The first kappa shape index (κ1) is 26.9. The zero-order chi connectivity index (χ0) is 22.0. The molecule has 7 nitrogen and oxygen atoms in total. The van der Waals surface area contributed by atoms with Crippen LogP contribution in [0.1, 0.15) is 67.7 Å². The highest BCUT2D eigenvalue weighted by Crippen LogP contribution is 2.35. The number of carbonyl (C=O) groups is 3. The minimum absolute atomic E-state index is 0.0401. The summed E-state index contributed by atoms with van der Waals surface area (Å²) < 4.78 is 5.30. The summed E-state index contributed by atoms with van der Waals surface area (Å²) in [5, 5.41) is 14.3. The number of ether oxygens (including phenoxy) is 1. The number of aliphatic carboxylic acids is 1. The third-order valence-corrected chi connectivity index (χ3v) is 6.68. The lowest BCUT2D eigenvalue weighted by Gasteiger charge is -2.24. The standard InChI is InChI=1S/C19H36N2O5S2/c1-13(16(23)24)10-8-9-11-20-15(22)14(12-27-28-19(5,6)7)21-17(25)26-18(2,3)4/h13-14H,8-12H2,1-7H3,(H,20,22)(H,21,25)(H,23,24)/t13-,14-/m0/s1. The summed E-state index contributed by atoms with van der Waals surface area (Å²) in [6.45, 7) is 13.7. The van der Waals surface area contributed by atoms with E-state index in [4.69, 9.17) is 9.84 Å². The van der Waals surface area contributed by atoms with E-state index in [-0.39, 0.29) is 16.6 Å². The third kappa shape index (κ3) is 14.9. The molecule has 0 saturated heterocycles. The summed E-state index contributed by atoms with van der Waals surface area (Å²) in [7, 11) is 3.17. The van der Waals surface area contributed by atoms with E-state index in [1.807, 2.05) is 0 Å². The first-order chi connectivity index (χ1) is 12.7. The molecule has 0 aliphatic heterocycles. The highest BCUT2D eigenvalue weighted by atomic mass is 33.1. The number of hydrogen-bond donors (Lipinski definition) is 3. The van der Waals surface area contributed by atoms with Crippen LogP contribution in [0, 0.1) is 5.92 Å². The molecular weight excluding hydrogens is 400 g/mol. The van der Waals surface area contributed by atoms with E-state index < -0.39 is 23.7 Å². The van der Waals surface area contributed by atoms with Crippen molar-refractivity contribution in [1.29, 1.82) is 0 Å². The molecule has 9 heteroatoms. The number of hydrogen-bond acceptors (Lipinski definition) is 6. The lowest BCUT2D eigenvalue weighted by Crippen LogP contribution is -2.49. The quantitative estimate of drug-likeness (QED) is 0.331. The van der Waals surface area contributed by atoms with Crippen molar-refractivity contribution in [1.82, 2.24) is 10.6 Å². The van der Waals surface area contributed by atoms with Crippen LogP contribution in [-0.4, -0.2) is 51.8 Å². The van der Waals surface area contributed by atoms with E-state index in [9.17, 15) is 14.4 Å². The second-order valence-electron chi connectivity index (χ2n) is 8.71. The minimum Gasteiger partial charge on any atom is -0.481 e. The van der Waals surface area contributed by atoms with Gasteiger partial charge in [0.1, 0.15) is 11.6 Å². The molecule has 28 heavy (non-hydrogen) atoms. The molecule has 0 heterocycles. The SMILES string of the molecule is C[C@@H](CCCCNC(=O)[C@H](CSSC(C)(C)C)NC(=O)OC(C)(C)C)C(=O)O. The number of nitrogens with one attached hydrogen (secondary N) is 2. The molecule has 0 spiro atoms. The summed E-state index contributed by atoms with van der Waals surface area (Å²) in [6.07, 6.45) is 1.35. The Morgan fingerprint density at radius 3 is 2.18 bits per heavy atom. The van der Waals surface area contributed by atoms with E-state index in [0.717, 1.165) is 0 Å². The first-order valence-corrected chi connectivity index (χ1v) is 11.8. The zero-order valence-electron chi connectivity index (χ0n) is 18.1. The van der Waals surface area contributed by atoms with E-state index in [1.165, 1.54) is 10.8 Å². The molecule has 0 aromatic heterocycles. The predicted molar refractivity (Wildman–Crippen MR) is 117 cm³/mol. The van der Waals surface area contributed by atoms with Crippen molar-refractivity contribution in [2.24, 2.45) is 5.92 Å². The van der Waals surface area contributed by atoms with Gasteiger partial charge in [-0.05, 0) is 33.6 Å². The van der Waals surface area contributed by atoms with Gasteiger partial charge in [0.2, 0.25) is 5.91 Å². The van der Waals surface area contributed by atoms with Gasteiger partial charge in [-0.1, -0.05) is 55.7 Å². The van der Waals surface area contributed by atoms with Crippen LogP contribution in [0.25, 0.3) is 0 Å². The molecule has 0 aromatic rings. The van der Waals surface area contributed by atoms with Gasteiger partial charge < -0.3 is 20.5 Å². The number of alkyl carbamates (subject to hydrolysis) is 1. The Kier molecular flexibility index (Phi) is 12.0. The topological polar surface area (TPSA) is 105 Å². The fourth-order valence-electron chi connectivity index (χ4n) is 1.95. The van der Waals surface area contributed by atoms with Crippen LogP contribution in [-0.2, 0) is 14.3 Å². The van der Waals surface area contributed by atoms with Crippen LogP contribution < -0.4 is 10.6 Å². The summed E-state index contributed by atoms with van der Waals surface area (Å²) in [5.41, 5.74) is -0.640. The number of unbranched alkanes of at least 4 members (excludes halogenated alkanes) is 1. The van der Waals surface area contributed by atoms with Gasteiger partial charge in [0, 0.05) is 17.0 Å². The summed E-state index contributed by atoms with van der Waals surface area (Å²) >= 11 is 0. The van der Waals surface area contributed by atoms with Crippen LogP contribution in [0.3, 0.4) is 0 Å². The van der Waals surface area contributed by atoms with Crippen molar-refractivity contribution in [3.05, 3.63) is 0 Å². The molecule has 0 rings (SSSR count). The van der Waals surface area contributed by atoms with E-state index >= 15 is 0 Å². The Morgan fingerprint density at radius 2 is 1.68 bits per heavy atom. The second kappa shape index (κ2) is 12.5. The Labute approximate surface area is 176 Å². The molecule has 0 radical (unpaired) electrons. The van der Waals surface area contributed by atoms with Gasteiger partial charge in [0.05, 0.1) is 5.92 Å². The molecule has 0 aliphatic rings. The van der Waals surface area contributed by atoms with Gasteiger partial charge >= 0.3 is 12.1 Å². The third-order valence-electron chi connectivity index (χ3n) is 3.34. The second-order valence-corrected chi connectivity index (χ2v) is 11.9. The molecule has 0 unspecified atom stereocenters. The maximum atomic E-state index is 12.5.